The Morgan fingerprint density at radius 3 is 2.62 bits per heavy atom. The van der Waals surface area contributed by atoms with Gasteiger partial charge < -0.3 is 5.32 Å². The molecule has 3 heteroatoms. The number of anilines is 1. The number of nitrogens with one attached hydrogen (secondary N) is 1. The Morgan fingerprint density at radius 1 is 0.905 bits per heavy atom. The molecule has 0 atom stereocenters. The molecule has 1 aliphatic heterocycles. The van der Waals surface area contributed by atoms with Crippen LogP contribution in [0, 0.1) is 0 Å². The van der Waals surface area contributed by atoms with Gasteiger partial charge in [-0.1, -0.05) is 36.4 Å². The highest BCUT2D eigenvalue weighted by Crippen LogP contribution is 2.28. The average molecular weight is 272 g/mol. The number of benzene rings is 2. The van der Waals surface area contributed by atoms with Gasteiger partial charge in [-0.25, -0.2) is 4.98 Å². The van der Waals surface area contributed by atoms with E-state index in [0.717, 1.165) is 22.3 Å². The monoisotopic (exact) mass is 272 g/mol. The van der Waals surface area contributed by atoms with Crippen molar-refractivity contribution in [3.05, 3.63) is 77.6 Å². The second-order valence-corrected chi connectivity index (χ2v) is 4.99. The number of hydrogen-bond acceptors (Lipinski definition) is 3. The molecule has 2 aromatic carbocycles. The zero-order valence-electron chi connectivity index (χ0n) is 11.2. The van der Waals surface area contributed by atoms with E-state index in [9.17, 15) is 4.79 Å². The first-order valence-electron chi connectivity index (χ1n) is 6.79. The number of pyridine rings is 1. The molecule has 2 heterocycles. The van der Waals surface area contributed by atoms with Crippen molar-refractivity contribution < 1.29 is 4.79 Å². The van der Waals surface area contributed by atoms with E-state index >= 15 is 0 Å². The van der Waals surface area contributed by atoms with Crippen molar-refractivity contribution in [3.63, 3.8) is 0 Å². The smallest absolute Gasteiger partial charge is 0.211 e. The molecule has 3 nitrogen and oxygen atoms in total. The van der Waals surface area contributed by atoms with Gasteiger partial charge in [0, 0.05) is 16.6 Å². The summed E-state index contributed by atoms with van der Waals surface area (Å²) in [4.78, 5) is 16.9. The van der Waals surface area contributed by atoms with Crippen LogP contribution in [0.4, 0.5) is 5.69 Å². The first-order valence-corrected chi connectivity index (χ1v) is 6.79. The van der Waals surface area contributed by atoms with E-state index in [1.165, 1.54) is 0 Å². The number of Topliss-reactive ketones (excluding diaryl/α,β-unsaturated/α-hetero) is 1. The number of fused-ring (bicyclic) bond motifs is 2. The third-order valence-electron chi connectivity index (χ3n) is 3.60. The maximum atomic E-state index is 12.3. The van der Waals surface area contributed by atoms with E-state index < -0.39 is 0 Å². The van der Waals surface area contributed by atoms with Gasteiger partial charge in [0.25, 0.3) is 0 Å². The summed E-state index contributed by atoms with van der Waals surface area (Å²) in [5, 5.41) is 4.24. The van der Waals surface area contributed by atoms with E-state index in [1.54, 1.807) is 6.08 Å². The van der Waals surface area contributed by atoms with Crippen molar-refractivity contribution in [3.8, 4) is 0 Å². The van der Waals surface area contributed by atoms with Gasteiger partial charge in [0.1, 0.15) is 0 Å². The molecule has 100 valence electrons. The van der Waals surface area contributed by atoms with Crippen molar-refractivity contribution in [1.82, 2.24) is 4.98 Å². The van der Waals surface area contributed by atoms with E-state index in [0.29, 0.717) is 11.3 Å². The van der Waals surface area contributed by atoms with Crippen LogP contribution < -0.4 is 5.32 Å². The molecule has 0 bridgehead atoms. The Hall–Kier alpha value is -2.94. The Labute approximate surface area is 122 Å². The second-order valence-electron chi connectivity index (χ2n) is 4.99. The van der Waals surface area contributed by atoms with E-state index in [-0.39, 0.29) is 5.78 Å². The van der Waals surface area contributed by atoms with Gasteiger partial charge >= 0.3 is 0 Å². The molecule has 3 aromatic rings. The van der Waals surface area contributed by atoms with Crippen LogP contribution in [0.5, 0.6) is 0 Å². The van der Waals surface area contributed by atoms with Crippen molar-refractivity contribution in [2.75, 3.05) is 5.32 Å². The first-order chi connectivity index (χ1) is 10.3. The van der Waals surface area contributed by atoms with Crippen LogP contribution in [-0.2, 0) is 0 Å². The van der Waals surface area contributed by atoms with Crippen LogP contribution in [0.1, 0.15) is 16.1 Å². The predicted octanol–water partition coefficient (Wildman–Crippen LogP) is 3.88. The summed E-state index contributed by atoms with van der Waals surface area (Å²) in [6.07, 6.45) is 1.80. The van der Waals surface area contributed by atoms with Gasteiger partial charge in [-0.05, 0) is 30.3 Å². The summed E-state index contributed by atoms with van der Waals surface area (Å²) in [5.74, 6) is 0.0144. The van der Waals surface area contributed by atoms with Crippen LogP contribution in [0.2, 0.25) is 0 Å². The predicted molar refractivity (Wildman–Crippen MR) is 84.1 cm³/mol. The second kappa shape index (κ2) is 4.56. The number of ketones is 1. The van der Waals surface area contributed by atoms with E-state index in [4.69, 9.17) is 0 Å². The summed E-state index contributed by atoms with van der Waals surface area (Å²) in [7, 11) is 0. The minimum Gasteiger partial charge on any atom is -0.352 e. The third-order valence-corrected chi connectivity index (χ3v) is 3.60. The fourth-order valence-corrected chi connectivity index (χ4v) is 2.55. The van der Waals surface area contributed by atoms with Gasteiger partial charge in [-0.3, -0.25) is 4.79 Å². The van der Waals surface area contributed by atoms with Crippen LogP contribution in [0.3, 0.4) is 0 Å². The van der Waals surface area contributed by atoms with E-state index in [1.807, 2.05) is 60.7 Å². The molecule has 0 radical (unpaired) electrons. The summed E-state index contributed by atoms with van der Waals surface area (Å²) in [6.45, 7) is 0. The summed E-state index contributed by atoms with van der Waals surface area (Å²) >= 11 is 0. The molecule has 0 saturated heterocycles. The number of allylic oxidation sites excluding steroid dienone is 1. The number of aromatic nitrogens is 1. The number of nitrogens with zero attached hydrogens (tertiary/aromatic N) is 1. The highest BCUT2D eigenvalue weighted by atomic mass is 16.1. The molecule has 21 heavy (non-hydrogen) atoms. The van der Waals surface area contributed by atoms with Crippen molar-refractivity contribution in [2.45, 2.75) is 0 Å². The molecule has 1 aromatic heterocycles. The highest BCUT2D eigenvalue weighted by molar-refractivity contribution is 6.20. The summed E-state index contributed by atoms with van der Waals surface area (Å²) < 4.78 is 0. The molecule has 0 fully saturated rings. The molecule has 0 unspecified atom stereocenters. The van der Waals surface area contributed by atoms with Crippen LogP contribution in [0.15, 0.2) is 66.4 Å². The standard InChI is InChI=1S/C18H12N2O/c21-18-14-6-2-4-8-16(14)20-17(18)11-13-10-9-12-5-1-3-7-15(12)19-13/h1-11,20H. The number of carbonyl (C=O) groups is 1. The van der Waals surface area contributed by atoms with Crippen molar-refractivity contribution in [1.29, 1.82) is 0 Å². The summed E-state index contributed by atoms with van der Waals surface area (Å²) in [6, 6.07) is 19.4. The zero-order valence-corrected chi connectivity index (χ0v) is 11.2. The maximum absolute atomic E-state index is 12.3. The molecule has 1 N–H and O–H groups in total. The zero-order chi connectivity index (χ0) is 14.2. The van der Waals surface area contributed by atoms with Gasteiger partial charge in [0.15, 0.2) is 0 Å². The normalized spacial score (nSPS) is 15.2. The van der Waals surface area contributed by atoms with Gasteiger partial charge in [-0.2, -0.15) is 0 Å². The highest BCUT2D eigenvalue weighted by Gasteiger charge is 2.23. The number of para-hydroxylation sites is 2. The van der Waals surface area contributed by atoms with Gasteiger partial charge in [0.05, 0.1) is 16.9 Å². The maximum Gasteiger partial charge on any atom is 0.211 e. The largest absolute Gasteiger partial charge is 0.352 e. The van der Waals surface area contributed by atoms with Gasteiger partial charge in [0.2, 0.25) is 5.78 Å². The van der Waals surface area contributed by atoms with Gasteiger partial charge in [-0.15, -0.1) is 0 Å². The van der Waals surface area contributed by atoms with E-state index in [2.05, 4.69) is 10.3 Å². The van der Waals surface area contributed by atoms with Crippen molar-refractivity contribution >= 4 is 28.4 Å². The number of rotatable bonds is 1. The SMILES string of the molecule is O=C1C(=Cc2ccc3ccccc3n2)Nc2ccccc21. The first kappa shape index (κ1) is 11.9. The molecule has 0 amide bonds. The molecule has 0 saturated carbocycles. The van der Waals surface area contributed by atoms with Crippen LogP contribution in [-0.4, -0.2) is 10.8 Å². The molecule has 4 rings (SSSR count). The quantitative estimate of drug-likeness (QED) is 0.683. The lowest BCUT2D eigenvalue weighted by atomic mass is 10.1. The molecule has 0 aliphatic carbocycles. The van der Waals surface area contributed by atoms with Crippen LogP contribution >= 0.6 is 0 Å². The molecular formula is C18H12N2O. The Kier molecular flexibility index (Phi) is 2.57. The lowest BCUT2D eigenvalue weighted by Crippen LogP contribution is -2.00. The average Bonchev–Trinajstić information content (AvgIpc) is 2.84. The molecular weight excluding hydrogens is 260 g/mol. The number of hydrogen-bond donors (Lipinski definition) is 1. The Balaban J connectivity index is 1.76. The fourth-order valence-electron chi connectivity index (χ4n) is 2.55. The third kappa shape index (κ3) is 1.99. The number of carbonyl (C=O) groups excluding carboxylic acids is 1. The molecule has 0 spiro atoms. The topological polar surface area (TPSA) is 42.0 Å². The minimum atomic E-state index is 0.0144. The Bertz CT molecular complexity index is 896. The molecule has 1 aliphatic rings. The Morgan fingerprint density at radius 2 is 1.71 bits per heavy atom. The summed E-state index contributed by atoms with van der Waals surface area (Å²) in [5.41, 5.74) is 3.84. The lowest BCUT2D eigenvalue weighted by molar-refractivity contribution is 0.104. The minimum absolute atomic E-state index is 0.0144. The van der Waals surface area contributed by atoms with Crippen LogP contribution in [0.25, 0.3) is 17.0 Å². The fraction of sp³-hybridized carbons (Fsp3) is 0. The lowest BCUT2D eigenvalue weighted by Gasteiger charge is -2.01. The van der Waals surface area contributed by atoms with Crippen molar-refractivity contribution in [2.24, 2.45) is 0 Å².